The first-order valence-corrected chi connectivity index (χ1v) is 23.3. The number of carbonyl (C=O) groups is 3. The predicted octanol–water partition coefficient (Wildman–Crippen LogP) is 6.77. The van der Waals surface area contributed by atoms with Crippen molar-refractivity contribution in [3.05, 3.63) is 76.6 Å². The van der Waals surface area contributed by atoms with Crippen molar-refractivity contribution >= 4 is 40.3 Å². The van der Waals surface area contributed by atoms with Crippen LogP contribution >= 0.6 is 0 Å². The highest BCUT2D eigenvalue weighted by Crippen LogP contribution is 2.46. The predicted molar refractivity (Wildman–Crippen MR) is 238 cm³/mol. The molecule has 13 heteroatoms. The number of halogens is 1. The van der Waals surface area contributed by atoms with Gasteiger partial charge < -0.3 is 29.7 Å². The fourth-order valence-electron chi connectivity index (χ4n) is 11.9. The Morgan fingerprint density at radius 1 is 0.952 bits per heavy atom. The van der Waals surface area contributed by atoms with Gasteiger partial charge in [-0.2, -0.15) is 0 Å². The van der Waals surface area contributed by atoms with E-state index in [4.69, 9.17) is 9.73 Å². The van der Waals surface area contributed by atoms with Crippen molar-refractivity contribution in [3.8, 4) is 0 Å². The number of para-hydroxylation sites is 1. The fraction of sp³-hybridized carbons (Fsp3) is 0.592. The molecule has 4 fully saturated rings. The zero-order valence-corrected chi connectivity index (χ0v) is 36.7. The molecule has 3 atom stereocenters. The molecule has 3 N–H and O–H groups in total. The smallest absolute Gasteiger partial charge is 0.289 e. The van der Waals surface area contributed by atoms with E-state index < -0.39 is 11.7 Å². The number of rotatable bonds is 8. The first-order valence-electron chi connectivity index (χ1n) is 23.3. The van der Waals surface area contributed by atoms with Crippen molar-refractivity contribution in [3.63, 3.8) is 0 Å². The molecule has 1 saturated carbocycles. The number of hydrogen-bond acceptors (Lipinski definition) is 9. The number of anilines is 1. The number of likely N-dealkylation sites (tertiary alicyclic amines) is 1. The Labute approximate surface area is 364 Å². The summed E-state index contributed by atoms with van der Waals surface area (Å²) in [6.07, 6.45) is 13.1. The minimum absolute atomic E-state index is 0.0883. The number of hydrogen-bond donors (Lipinski definition) is 3. The van der Waals surface area contributed by atoms with Gasteiger partial charge >= 0.3 is 0 Å². The molecular weight excluding hydrogens is 784 g/mol. The topological polar surface area (TPSA) is 126 Å². The maximum atomic E-state index is 15.2. The molecule has 2 aromatic carbocycles. The van der Waals surface area contributed by atoms with Crippen molar-refractivity contribution in [2.45, 2.75) is 128 Å². The Balaban J connectivity index is 0.676. The molecule has 10 rings (SSSR count). The Kier molecular flexibility index (Phi) is 10.9. The molecule has 6 aliphatic heterocycles. The summed E-state index contributed by atoms with van der Waals surface area (Å²) in [6.45, 7) is 12.4. The summed E-state index contributed by atoms with van der Waals surface area (Å²) in [4.78, 5) is 55.1. The molecule has 1 aliphatic carbocycles. The van der Waals surface area contributed by atoms with E-state index in [1.807, 2.05) is 6.07 Å². The van der Waals surface area contributed by atoms with Gasteiger partial charge in [-0.3, -0.25) is 24.6 Å². The van der Waals surface area contributed by atoms with E-state index in [0.717, 1.165) is 73.2 Å². The zero-order valence-electron chi connectivity index (χ0n) is 36.7. The van der Waals surface area contributed by atoms with Gasteiger partial charge in [0.15, 0.2) is 0 Å². The number of aromatic nitrogens is 1. The van der Waals surface area contributed by atoms with E-state index in [0.29, 0.717) is 49.0 Å². The Morgan fingerprint density at radius 2 is 1.73 bits per heavy atom. The van der Waals surface area contributed by atoms with Gasteiger partial charge in [0.2, 0.25) is 11.8 Å². The number of benzene rings is 2. The van der Waals surface area contributed by atoms with E-state index in [1.165, 1.54) is 56.3 Å². The van der Waals surface area contributed by atoms with E-state index >= 15 is 4.39 Å². The van der Waals surface area contributed by atoms with Crippen molar-refractivity contribution in [1.29, 1.82) is 0 Å². The van der Waals surface area contributed by atoms with Gasteiger partial charge in [-0.1, -0.05) is 18.2 Å². The molecular formula is C49H63FN8O4. The lowest BCUT2D eigenvalue weighted by molar-refractivity contribution is -0.136. The van der Waals surface area contributed by atoms with Gasteiger partial charge in [0.1, 0.15) is 17.8 Å². The van der Waals surface area contributed by atoms with Crippen LogP contribution < -0.4 is 15.5 Å². The van der Waals surface area contributed by atoms with Crippen LogP contribution in [0.5, 0.6) is 0 Å². The number of aromatic amines is 1. The molecule has 1 aromatic heterocycles. The second kappa shape index (κ2) is 16.4. The molecule has 12 nitrogen and oxygen atoms in total. The van der Waals surface area contributed by atoms with Crippen LogP contribution in [-0.4, -0.2) is 113 Å². The van der Waals surface area contributed by atoms with Crippen molar-refractivity contribution in [1.82, 2.24) is 30.3 Å². The standard InChI is InChI=1S/C49H63FN8O4/c1-31-24-39-38-6-4-5-7-40(38)53-43(39)44(58(31)30-48(2,3)50)34-26-51-47(52-27-34)62-36-12-16-49(17-13-36)18-22-55(23-19-49)28-32-14-20-56(21-15-32)35-8-9-37-33(25-35)29-57(46(37)61)41-10-11-42(59)54-45(41)60/h4-9,25-26,31-32,36,41,44,53H,10-24,27-30H2,1-3H3,(H,51,52)(H,54,59,60)/t31-,41?,44-/m1/s1. The number of alkyl halides is 1. The third kappa shape index (κ3) is 8.15. The van der Waals surface area contributed by atoms with Crippen LogP contribution in [0.3, 0.4) is 0 Å². The van der Waals surface area contributed by atoms with Gasteiger partial charge in [-0.05, 0) is 150 Å². The number of carbonyl (C=O) groups excluding carboxylic acids is 3. The second-order valence-electron chi connectivity index (χ2n) is 20.2. The quantitative estimate of drug-likeness (QED) is 0.213. The normalized spacial score (nSPS) is 26.6. The highest BCUT2D eigenvalue weighted by atomic mass is 19.1. The van der Waals surface area contributed by atoms with Crippen LogP contribution in [0.1, 0.15) is 118 Å². The minimum atomic E-state index is -1.32. The number of H-pyrrole nitrogens is 1. The van der Waals surface area contributed by atoms with Gasteiger partial charge in [0, 0.05) is 79.2 Å². The average Bonchev–Trinajstić information content (AvgIpc) is 3.79. The summed E-state index contributed by atoms with van der Waals surface area (Å²) >= 11 is 0. The number of nitrogens with zero attached hydrogens (tertiary/aromatic N) is 5. The maximum Gasteiger partial charge on any atom is 0.289 e. The summed E-state index contributed by atoms with van der Waals surface area (Å²) in [5.74, 6) is -0.0670. The number of fused-ring (bicyclic) bond motifs is 4. The van der Waals surface area contributed by atoms with Crippen LogP contribution in [0.4, 0.5) is 10.1 Å². The number of nitrogens with one attached hydrogen (secondary N) is 3. The van der Waals surface area contributed by atoms with Gasteiger partial charge in [-0.15, -0.1) is 0 Å². The van der Waals surface area contributed by atoms with E-state index in [-0.39, 0.29) is 42.3 Å². The van der Waals surface area contributed by atoms with Crippen molar-refractivity contribution in [2.75, 3.05) is 50.7 Å². The second-order valence-corrected chi connectivity index (χ2v) is 20.2. The Bertz CT molecular complexity index is 2270. The molecule has 62 heavy (non-hydrogen) atoms. The molecule has 0 radical (unpaired) electrons. The summed E-state index contributed by atoms with van der Waals surface area (Å²) in [7, 11) is 0. The van der Waals surface area contributed by atoms with Crippen LogP contribution in [0.2, 0.25) is 0 Å². The van der Waals surface area contributed by atoms with E-state index in [1.54, 1.807) is 18.7 Å². The zero-order chi connectivity index (χ0) is 42.8. The Hall–Kier alpha value is -4.75. The van der Waals surface area contributed by atoms with Crippen LogP contribution in [0, 0.1) is 11.3 Å². The lowest BCUT2D eigenvalue weighted by Gasteiger charge is -2.47. The van der Waals surface area contributed by atoms with E-state index in [9.17, 15) is 14.4 Å². The van der Waals surface area contributed by atoms with Gasteiger partial charge in [0.05, 0.1) is 12.6 Å². The minimum Gasteiger partial charge on any atom is -0.462 e. The molecule has 330 valence electrons. The third-order valence-corrected chi connectivity index (χ3v) is 15.4. The summed E-state index contributed by atoms with van der Waals surface area (Å²) in [6, 6.07) is 14.7. The molecule has 3 saturated heterocycles. The maximum absolute atomic E-state index is 15.2. The van der Waals surface area contributed by atoms with Crippen molar-refractivity contribution in [2.24, 2.45) is 16.3 Å². The van der Waals surface area contributed by atoms with Crippen molar-refractivity contribution < 1.29 is 23.5 Å². The van der Waals surface area contributed by atoms with Crippen LogP contribution in [-0.2, 0) is 27.3 Å². The molecule has 7 heterocycles. The number of amidine groups is 1. The SMILES string of the molecule is C[C@@H]1Cc2c([nH]c3ccccc23)[C@@H](C2=CNC(OC3CCC4(CC3)CCN(CC3CCN(c5ccc6c(c5)CN(C5CCC(=O)NC5=O)C6=O)CC3)CC4)=NC2)N1CC(C)(C)F. The molecule has 0 bridgehead atoms. The van der Waals surface area contributed by atoms with Gasteiger partial charge in [-0.25, -0.2) is 9.38 Å². The summed E-state index contributed by atoms with van der Waals surface area (Å²) < 4.78 is 21.8. The van der Waals surface area contributed by atoms with Crippen LogP contribution in [0.15, 0.2) is 59.2 Å². The number of ether oxygens (including phenoxy) is 1. The number of piperidine rings is 3. The van der Waals surface area contributed by atoms with E-state index in [2.05, 4.69) is 79.8 Å². The molecule has 1 unspecified atom stereocenters. The first kappa shape index (κ1) is 41.3. The molecule has 3 amide bonds. The number of aliphatic imine (C=N–C) groups is 1. The average molecular weight is 847 g/mol. The summed E-state index contributed by atoms with van der Waals surface area (Å²) in [5.41, 5.74) is 6.62. The monoisotopic (exact) mass is 846 g/mol. The number of amides is 3. The fourth-order valence-corrected chi connectivity index (χ4v) is 11.9. The molecule has 3 aromatic rings. The molecule has 7 aliphatic rings. The Morgan fingerprint density at radius 3 is 2.45 bits per heavy atom. The highest BCUT2D eigenvalue weighted by molar-refractivity contribution is 6.05. The molecule has 1 spiro atoms. The van der Waals surface area contributed by atoms with Gasteiger partial charge in [0.25, 0.3) is 11.9 Å². The van der Waals surface area contributed by atoms with Crippen LogP contribution in [0.25, 0.3) is 10.9 Å². The highest BCUT2D eigenvalue weighted by Gasteiger charge is 2.43. The lowest BCUT2D eigenvalue weighted by atomic mass is 9.67. The largest absolute Gasteiger partial charge is 0.462 e. The first-order chi connectivity index (χ1) is 29.9. The summed E-state index contributed by atoms with van der Waals surface area (Å²) in [5, 5.41) is 7.07. The number of imide groups is 1. The lowest BCUT2D eigenvalue weighted by Crippen LogP contribution is -2.52. The third-order valence-electron chi connectivity index (χ3n) is 15.4.